The van der Waals surface area contributed by atoms with Crippen molar-refractivity contribution in [3.8, 4) is 11.5 Å². The zero-order valence-electron chi connectivity index (χ0n) is 29.5. The van der Waals surface area contributed by atoms with Gasteiger partial charge in [-0.3, -0.25) is 9.36 Å². The van der Waals surface area contributed by atoms with Gasteiger partial charge in [-0.1, -0.05) is 32.0 Å². The van der Waals surface area contributed by atoms with Crippen molar-refractivity contribution >= 4 is 40.1 Å². The molecule has 0 saturated carbocycles. The number of rotatable bonds is 14. The highest BCUT2D eigenvalue weighted by Gasteiger charge is 2.36. The van der Waals surface area contributed by atoms with Gasteiger partial charge in [0.1, 0.15) is 23.8 Å². The van der Waals surface area contributed by atoms with Gasteiger partial charge in [0.25, 0.3) is 5.91 Å². The number of aromatic nitrogens is 6. The van der Waals surface area contributed by atoms with E-state index < -0.39 is 23.2 Å². The molecule has 52 heavy (non-hydrogen) atoms. The molecule has 6 rings (SSSR count). The van der Waals surface area contributed by atoms with E-state index in [2.05, 4.69) is 49.6 Å². The second-order valence-electron chi connectivity index (χ2n) is 12.4. The number of imidazole rings is 2. The number of hydrogen-bond acceptors (Lipinski definition) is 8. The lowest BCUT2D eigenvalue weighted by Crippen LogP contribution is -2.24. The number of aryl methyl sites for hydroxylation is 2. The fourth-order valence-corrected chi connectivity index (χ4v) is 6.04. The fourth-order valence-electron chi connectivity index (χ4n) is 6.04. The number of anilines is 4. The van der Waals surface area contributed by atoms with Crippen molar-refractivity contribution in [1.29, 1.82) is 0 Å². The van der Waals surface area contributed by atoms with E-state index in [0.717, 1.165) is 61.7 Å². The van der Waals surface area contributed by atoms with Crippen LogP contribution in [0.4, 0.5) is 36.3 Å². The first kappa shape index (κ1) is 36.0. The lowest BCUT2D eigenvalue weighted by Gasteiger charge is -2.17. The van der Waals surface area contributed by atoms with Gasteiger partial charge in [0.15, 0.2) is 0 Å². The molecule has 1 amide bonds. The zero-order chi connectivity index (χ0) is 36.8. The molecule has 14 heteroatoms. The standard InChI is InChI=1S/C38H41F3N10O/c1-5-49(6-2)19-10-9-17-43-34-23-35(45-24-44-34)51-33-12-8-7-11-31(33)47-37(51)48-32-21-27(14-13-25(32)3)46-36(52)29-16-15-28(22-30(29)38(39,40)41)50-20-18-42-26(50)4/h7-8,11-16,18,20-24H,5-6,9-10,17,19H2,1-4H3,(H,46,52)(H,47,48)(H,43,44,45). The van der Waals surface area contributed by atoms with Gasteiger partial charge in [0.05, 0.1) is 22.2 Å². The highest BCUT2D eigenvalue weighted by molar-refractivity contribution is 6.06. The third-order valence-corrected chi connectivity index (χ3v) is 8.94. The largest absolute Gasteiger partial charge is 0.417 e. The summed E-state index contributed by atoms with van der Waals surface area (Å²) in [6, 6.07) is 18.2. The van der Waals surface area contributed by atoms with Crippen LogP contribution in [0.3, 0.4) is 0 Å². The molecule has 0 radical (unpaired) electrons. The van der Waals surface area contributed by atoms with Crippen LogP contribution in [0, 0.1) is 13.8 Å². The summed E-state index contributed by atoms with van der Waals surface area (Å²) in [4.78, 5) is 33.7. The Morgan fingerprint density at radius 2 is 1.73 bits per heavy atom. The van der Waals surface area contributed by atoms with E-state index in [9.17, 15) is 18.0 Å². The molecule has 0 bridgehead atoms. The van der Waals surface area contributed by atoms with Crippen molar-refractivity contribution in [3.05, 3.63) is 108 Å². The Bertz CT molecular complexity index is 2170. The van der Waals surface area contributed by atoms with Gasteiger partial charge in [0.2, 0.25) is 5.95 Å². The molecule has 3 aromatic heterocycles. The highest BCUT2D eigenvalue weighted by atomic mass is 19.4. The average Bonchev–Trinajstić information content (AvgIpc) is 3.73. The molecule has 3 aromatic carbocycles. The second-order valence-corrected chi connectivity index (χ2v) is 12.4. The molecule has 0 fully saturated rings. The van der Waals surface area contributed by atoms with E-state index >= 15 is 0 Å². The van der Waals surface area contributed by atoms with E-state index in [-0.39, 0.29) is 5.69 Å². The summed E-state index contributed by atoms with van der Waals surface area (Å²) in [7, 11) is 0. The first-order chi connectivity index (χ1) is 25.0. The van der Waals surface area contributed by atoms with Crippen molar-refractivity contribution < 1.29 is 18.0 Å². The number of hydrogen-bond donors (Lipinski definition) is 3. The summed E-state index contributed by atoms with van der Waals surface area (Å²) in [6.07, 6.45) is 1.88. The maximum absolute atomic E-state index is 14.2. The molecule has 270 valence electrons. The van der Waals surface area contributed by atoms with Gasteiger partial charge in [-0.05, 0) is 94.4 Å². The number of carbonyl (C=O) groups is 1. The van der Waals surface area contributed by atoms with Crippen molar-refractivity contribution in [2.45, 2.75) is 46.7 Å². The number of nitrogens with zero attached hydrogens (tertiary/aromatic N) is 7. The lowest BCUT2D eigenvalue weighted by atomic mass is 10.0. The first-order valence-corrected chi connectivity index (χ1v) is 17.2. The van der Waals surface area contributed by atoms with Crippen molar-refractivity contribution in [1.82, 2.24) is 34.0 Å². The third kappa shape index (κ3) is 8.07. The second kappa shape index (κ2) is 15.6. The number of fused-ring (bicyclic) bond motifs is 1. The van der Waals surface area contributed by atoms with E-state index in [1.54, 1.807) is 31.3 Å². The third-order valence-electron chi connectivity index (χ3n) is 8.94. The molecule has 3 N–H and O–H groups in total. The van der Waals surface area contributed by atoms with E-state index in [4.69, 9.17) is 4.98 Å². The van der Waals surface area contributed by atoms with Crippen LogP contribution >= 0.6 is 0 Å². The quantitative estimate of drug-likeness (QED) is 0.0970. The molecule has 0 aliphatic rings. The van der Waals surface area contributed by atoms with Crippen molar-refractivity contribution in [2.24, 2.45) is 0 Å². The van der Waals surface area contributed by atoms with Crippen LogP contribution in [0.2, 0.25) is 0 Å². The predicted octanol–water partition coefficient (Wildman–Crippen LogP) is 8.17. The number of amides is 1. The van der Waals surface area contributed by atoms with Gasteiger partial charge in [-0.2, -0.15) is 13.2 Å². The van der Waals surface area contributed by atoms with Gasteiger partial charge >= 0.3 is 6.18 Å². The molecular weight excluding hydrogens is 669 g/mol. The van der Waals surface area contributed by atoms with E-state index in [1.807, 2.05) is 41.8 Å². The Morgan fingerprint density at radius 3 is 2.48 bits per heavy atom. The molecule has 0 spiro atoms. The summed E-state index contributed by atoms with van der Waals surface area (Å²) in [6.45, 7) is 11.8. The number of alkyl halides is 3. The first-order valence-electron chi connectivity index (χ1n) is 17.2. The minimum atomic E-state index is -4.77. The predicted molar refractivity (Wildman–Crippen MR) is 198 cm³/mol. The molecule has 3 heterocycles. The summed E-state index contributed by atoms with van der Waals surface area (Å²) >= 11 is 0. The zero-order valence-corrected chi connectivity index (χ0v) is 29.5. The van der Waals surface area contributed by atoms with Crippen LogP contribution in [-0.2, 0) is 6.18 Å². The molecule has 0 saturated heterocycles. The van der Waals surface area contributed by atoms with Gasteiger partial charge in [-0.15, -0.1) is 0 Å². The van der Waals surface area contributed by atoms with Gasteiger partial charge in [0, 0.05) is 42.1 Å². The molecule has 0 aliphatic heterocycles. The van der Waals surface area contributed by atoms with Crippen molar-refractivity contribution in [2.75, 3.05) is 42.1 Å². The van der Waals surface area contributed by atoms with Gasteiger partial charge < -0.3 is 25.4 Å². The Hall–Kier alpha value is -5.76. The molecular formula is C38H41F3N10O. The fraction of sp³-hybridized carbons (Fsp3) is 0.289. The molecule has 0 aliphatic carbocycles. The Morgan fingerprint density at radius 1 is 0.923 bits per heavy atom. The van der Waals surface area contributed by atoms with Gasteiger partial charge in [-0.25, -0.2) is 19.9 Å². The SMILES string of the molecule is CCN(CC)CCCCNc1cc(-n2c(Nc3cc(NC(=O)c4ccc(-n5ccnc5C)cc4C(F)(F)F)ccc3C)nc3ccccc32)ncn1. The minimum absolute atomic E-state index is 0.251. The maximum Gasteiger partial charge on any atom is 0.417 e. The smallest absolute Gasteiger partial charge is 0.370 e. The molecule has 0 unspecified atom stereocenters. The Kier molecular flexibility index (Phi) is 10.8. The van der Waals surface area contributed by atoms with Crippen LogP contribution in [0.15, 0.2) is 85.5 Å². The monoisotopic (exact) mass is 710 g/mol. The van der Waals surface area contributed by atoms with Crippen LogP contribution in [-0.4, -0.2) is 66.1 Å². The normalized spacial score (nSPS) is 11.7. The number of para-hydroxylation sites is 2. The molecule has 11 nitrogen and oxygen atoms in total. The minimum Gasteiger partial charge on any atom is -0.370 e. The van der Waals surface area contributed by atoms with Crippen LogP contribution in [0.5, 0.6) is 0 Å². The maximum atomic E-state index is 14.2. The Labute approximate surface area is 300 Å². The topological polar surface area (TPSA) is 118 Å². The number of benzene rings is 3. The molecule has 6 aromatic rings. The number of carbonyl (C=O) groups excluding carboxylic acids is 1. The van der Waals surface area contributed by atoms with E-state index in [1.165, 1.54) is 29.2 Å². The lowest BCUT2D eigenvalue weighted by molar-refractivity contribution is -0.137. The summed E-state index contributed by atoms with van der Waals surface area (Å²) in [5.74, 6) is 1.36. The summed E-state index contributed by atoms with van der Waals surface area (Å²) < 4.78 is 46.1. The molecule has 0 atom stereocenters. The van der Waals surface area contributed by atoms with E-state index in [0.29, 0.717) is 34.8 Å². The number of nitrogens with one attached hydrogen (secondary N) is 3. The highest BCUT2D eigenvalue weighted by Crippen LogP contribution is 2.35. The van der Waals surface area contributed by atoms with Crippen LogP contribution in [0.25, 0.3) is 22.5 Å². The average molecular weight is 711 g/mol. The van der Waals surface area contributed by atoms with Crippen molar-refractivity contribution in [3.63, 3.8) is 0 Å². The number of unbranched alkanes of at least 4 members (excludes halogenated alkanes) is 1. The Balaban J connectivity index is 1.24. The van der Waals surface area contributed by atoms with Crippen LogP contribution < -0.4 is 16.0 Å². The number of halogens is 3. The van der Waals surface area contributed by atoms with Crippen LogP contribution in [0.1, 0.15) is 54.0 Å². The summed E-state index contributed by atoms with van der Waals surface area (Å²) in [5.41, 5.74) is 1.96. The summed E-state index contributed by atoms with van der Waals surface area (Å²) in [5, 5.41) is 9.44.